The molecule has 1 saturated carbocycles. The van der Waals surface area contributed by atoms with Gasteiger partial charge in [0.2, 0.25) is 0 Å². The summed E-state index contributed by atoms with van der Waals surface area (Å²) < 4.78 is 2.40. The van der Waals surface area contributed by atoms with Crippen molar-refractivity contribution >= 4 is 0 Å². The van der Waals surface area contributed by atoms with Crippen molar-refractivity contribution in [3.05, 3.63) is 17.7 Å². The minimum absolute atomic E-state index is 0.555. The highest BCUT2D eigenvalue weighted by molar-refractivity contribution is 5.16. The standard InChI is InChI=1S/C12H19N3/c1-12(4-2-5-12)8-15-9-14-10-7-13-6-3-11(10)15/h9,13H,2-8H2,1H3. The van der Waals surface area contributed by atoms with E-state index in [4.69, 9.17) is 0 Å². The van der Waals surface area contributed by atoms with Gasteiger partial charge in [-0.1, -0.05) is 13.3 Å². The lowest BCUT2D eigenvalue weighted by Gasteiger charge is -2.39. The Morgan fingerprint density at radius 3 is 3.13 bits per heavy atom. The van der Waals surface area contributed by atoms with E-state index in [1.165, 1.54) is 37.2 Å². The van der Waals surface area contributed by atoms with E-state index in [0.29, 0.717) is 5.41 Å². The maximum atomic E-state index is 4.50. The van der Waals surface area contributed by atoms with Crippen molar-refractivity contribution < 1.29 is 0 Å². The van der Waals surface area contributed by atoms with Gasteiger partial charge in [-0.25, -0.2) is 4.98 Å². The minimum Gasteiger partial charge on any atom is -0.334 e. The van der Waals surface area contributed by atoms with Gasteiger partial charge in [-0.05, 0) is 18.3 Å². The number of rotatable bonds is 2. The van der Waals surface area contributed by atoms with Crippen LogP contribution in [0.15, 0.2) is 6.33 Å². The van der Waals surface area contributed by atoms with Gasteiger partial charge in [-0.15, -0.1) is 0 Å². The van der Waals surface area contributed by atoms with Crippen LogP contribution in [0.1, 0.15) is 37.6 Å². The fourth-order valence-corrected chi connectivity index (χ4v) is 2.78. The van der Waals surface area contributed by atoms with Crippen LogP contribution in [0, 0.1) is 5.41 Å². The fourth-order valence-electron chi connectivity index (χ4n) is 2.78. The summed E-state index contributed by atoms with van der Waals surface area (Å²) in [5.41, 5.74) is 3.30. The first-order valence-electron chi connectivity index (χ1n) is 6.00. The second-order valence-corrected chi connectivity index (χ2v) is 5.36. The van der Waals surface area contributed by atoms with Crippen molar-refractivity contribution in [2.45, 2.75) is 45.7 Å². The first-order chi connectivity index (χ1) is 7.27. The molecule has 82 valence electrons. The molecule has 1 fully saturated rings. The Morgan fingerprint density at radius 2 is 2.40 bits per heavy atom. The Bertz CT molecular complexity index is 363. The Balaban J connectivity index is 1.82. The lowest BCUT2D eigenvalue weighted by Crippen LogP contribution is -2.32. The number of hydrogen-bond acceptors (Lipinski definition) is 2. The van der Waals surface area contributed by atoms with Gasteiger partial charge < -0.3 is 9.88 Å². The maximum absolute atomic E-state index is 4.50. The summed E-state index contributed by atoms with van der Waals surface area (Å²) in [5, 5.41) is 3.37. The lowest BCUT2D eigenvalue weighted by atomic mass is 9.70. The largest absolute Gasteiger partial charge is 0.334 e. The van der Waals surface area contributed by atoms with E-state index in [1.54, 1.807) is 0 Å². The van der Waals surface area contributed by atoms with Gasteiger partial charge in [0.05, 0.1) is 12.0 Å². The second kappa shape index (κ2) is 3.34. The molecule has 0 spiro atoms. The molecule has 0 unspecified atom stereocenters. The zero-order chi connectivity index (χ0) is 10.3. The summed E-state index contributed by atoms with van der Waals surface area (Å²) in [7, 11) is 0. The lowest BCUT2D eigenvalue weighted by molar-refractivity contribution is 0.130. The molecule has 1 aromatic heterocycles. The van der Waals surface area contributed by atoms with Gasteiger partial charge in [0, 0.05) is 31.7 Å². The van der Waals surface area contributed by atoms with Crippen LogP contribution in [0.2, 0.25) is 0 Å². The van der Waals surface area contributed by atoms with Gasteiger partial charge in [-0.2, -0.15) is 0 Å². The molecule has 1 aromatic rings. The molecule has 0 bridgehead atoms. The molecule has 2 aliphatic rings. The Morgan fingerprint density at radius 1 is 1.53 bits per heavy atom. The van der Waals surface area contributed by atoms with E-state index in [0.717, 1.165) is 19.5 Å². The molecule has 0 atom stereocenters. The molecule has 1 aliphatic heterocycles. The zero-order valence-corrected chi connectivity index (χ0v) is 9.42. The summed E-state index contributed by atoms with van der Waals surface area (Å²) in [5.74, 6) is 0. The van der Waals surface area contributed by atoms with Crippen LogP contribution >= 0.6 is 0 Å². The van der Waals surface area contributed by atoms with Crippen LogP contribution in [0.25, 0.3) is 0 Å². The molecule has 0 amide bonds. The second-order valence-electron chi connectivity index (χ2n) is 5.36. The van der Waals surface area contributed by atoms with E-state index in [-0.39, 0.29) is 0 Å². The van der Waals surface area contributed by atoms with Crippen molar-refractivity contribution in [1.82, 2.24) is 14.9 Å². The highest BCUT2D eigenvalue weighted by Crippen LogP contribution is 2.42. The average molecular weight is 205 g/mol. The predicted molar refractivity (Wildman–Crippen MR) is 59.6 cm³/mol. The summed E-state index contributed by atoms with van der Waals surface area (Å²) in [6.07, 6.45) is 7.37. The highest BCUT2D eigenvalue weighted by Gasteiger charge is 2.33. The van der Waals surface area contributed by atoms with Crippen LogP contribution in [-0.2, 0) is 19.5 Å². The van der Waals surface area contributed by atoms with E-state index >= 15 is 0 Å². The number of imidazole rings is 1. The molecule has 3 heteroatoms. The third-order valence-corrected chi connectivity index (χ3v) is 3.98. The summed E-state index contributed by atoms with van der Waals surface area (Å²) in [6, 6.07) is 0. The van der Waals surface area contributed by atoms with E-state index in [9.17, 15) is 0 Å². The molecule has 15 heavy (non-hydrogen) atoms. The number of aromatic nitrogens is 2. The maximum Gasteiger partial charge on any atom is 0.0952 e. The molecule has 0 saturated heterocycles. The number of nitrogens with one attached hydrogen (secondary N) is 1. The van der Waals surface area contributed by atoms with Gasteiger partial charge in [0.25, 0.3) is 0 Å². The van der Waals surface area contributed by atoms with Crippen molar-refractivity contribution in [3.63, 3.8) is 0 Å². The Kier molecular flexibility index (Phi) is 2.09. The van der Waals surface area contributed by atoms with Crippen molar-refractivity contribution in [1.29, 1.82) is 0 Å². The molecule has 3 rings (SSSR count). The van der Waals surface area contributed by atoms with Crippen LogP contribution in [0.5, 0.6) is 0 Å². The van der Waals surface area contributed by atoms with Gasteiger partial charge in [0.15, 0.2) is 0 Å². The van der Waals surface area contributed by atoms with Crippen LogP contribution < -0.4 is 5.32 Å². The van der Waals surface area contributed by atoms with Crippen molar-refractivity contribution in [3.8, 4) is 0 Å². The molecule has 0 aromatic carbocycles. The molecule has 2 heterocycles. The van der Waals surface area contributed by atoms with Gasteiger partial charge in [0.1, 0.15) is 0 Å². The molecule has 3 nitrogen and oxygen atoms in total. The molecular weight excluding hydrogens is 186 g/mol. The quantitative estimate of drug-likeness (QED) is 0.796. The number of hydrogen-bond donors (Lipinski definition) is 1. The van der Waals surface area contributed by atoms with E-state index in [1.807, 2.05) is 6.33 Å². The normalized spacial score (nSPS) is 23.3. The fraction of sp³-hybridized carbons (Fsp3) is 0.750. The third kappa shape index (κ3) is 1.59. The Labute approximate surface area is 90.9 Å². The average Bonchev–Trinajstić information content (AvgIpc) is 2.60. The van der Waals surface area contributed by atoms with E-state index in [2.05, 4.69) is 21.8 Å². The summed E-state index contributed by atoms with van der Waals surface area (Å²) >= 11 is 0. The van der Waals surface area contributed by atoms with Gasteiger partial charge in [-0.3, -0.25) is 0 Å². The Hall–Kier alpha value is -0.830. The number of fused-ring (bicyclic) bond motifs is 1. The van der Waals surface area contributed by atoms with Crippen LogP contribution in [-0.4, -0.2) is 16.1 Å². The first kappa shape index (κ1) is 9.40. The molecule has 0 radical (unpaired) electrons. The summed E-state index contributed by atoms with van der Waals surface area (Å²) in [4.78, 5) is 4.50. The van der Waals surface area contributed by atoms with Crippen molar-refractivity contribution in [2.24, 2.45) is 5.41 Å². The minimum atomic E-state index is 0.555. The van der Waals surface area contributed by atoms with Crippen LogP contribution in [0.3, 0.4) is 0 Å². The molecular formula is C12H19N3. The molecule has 1 aliphatic carbocycles. The third-order valence-electron chi connectivity index (χ3n) is 3.98. The van der Waals surface area contributed by atoms with Crippen LogP contribution in [0.4, 0.5) is 0 Å². The topological polar surface area (TPSA) is 29.9 Å². The van der Waals surface area contributed by atoms with E-state index < -0.39 is 0 Å². The predicted octanol–water partition coefficient (Wildman–Crippen LogP) is 1.72. The van der Waals surface area contributed by atoms with Crippen molar-refractivity contribution in [2.75, 3.05) is 6.54 Å². The highest BCUT2D eigenvalue weighted by atomic mass is 15.1. The summed E-state index contributed by atoms with van der Waals surface area (Å²) in [6.45, 7) is 5.65. The SMILES string of the molecule is CC1(Cn2cnc3c2CCNC3)CCC1. The molecule has 1 N–H and O–H groups in total. The first-order valence-corrected chi connectivity index (χ1v) is 6.00. The number of nitrogens with zero attached hydrogens (tertiary/aromatic N) is 2. The smallest absolute Gasteiger partial charge is 0.0952 e. The monoisotopic (exact) mass is 205 g/mol. The zero-order valence-electron chi connectivity index (χ0n) is 9.42. The van der Waals surface area contributed by atoms with Gasteiger partial charge >= 0.3 is 0 Å².